The summed E-state index contributed by atoms with van der Waals surface area (Å²) in [4.78, 5) is 4.13. The molecule has 1 unspecified atom stereocenters. The molecule has 1 aromatic carbocycles. The minimum atomic E-state index is -0.326. The Kier molecular flexibility index (Phi) is 4.16. The van der Waals surface area contributed by atoms with Crippen molar-refractivity contribution in [3.63, 3.8) is 0 Å². The molecule has 0 aliphatic carbocycles. The van der Waals surface area contributed by atoms with Crippen molar-refractivity contribution in [1.82, 2.24) is 4.98 Å². The molecule has 0 amide bonds. The van der Waals surface area contributed by atoms with E-state index >= 15 is 0 Å². The Hall–Kier alpha value is -2.61. The molecule has 0 bridgehead atoms. The average molecular weight is 271 g/mol. The van der Waals surface area contributed by atoms with Crippen molar-refractivity contribution < 1.29 is 9.13 Å². The van der Waals surface area contributed by atoms with E-state index in [0.717, 1.165) is 0 Å². The van der Waals surface area contributed by atoms with Crippen LogP contribution in [-0.4, -0.2) is 12.1 Å². The fraction of sp³-hybridized carbons (Fsp3) is 0.200. The molecule has 0 aliphatic rings. The number of ether oxygens (including phenoxy) is 1. The molecule has 1 atom stereocenters. The molecule has 0 saturated carbocycles. The molecular weight excluding hydrogens is 257 g/mol. The summed E-state index contributed by atoms with van der Waals surface area (Å²) in [6, 6.07) is 9.46. The van der Waals surface area contributed by atoms with Crippen LogP contribution in [-0.2, 0) is 0 Å². The van der Waals surface area contributed by atoms with Crippen LogP contribution in [0.15, 0.2) is 36.5 Å². The third-order valence-corrected chi connectivity index (χ3v) is 2.91. The van der Waals surface area contributed by atoms with E-state index in [9.17, 15) is 4.39 Å². The summed E-state index contributed by atoms with van der Waals surface area (Å²) in [6.45, 7) is 1.87. The molecule has 102 valence electrons. The Morgan fingerprint density at radius 3 is 2.85 bits per heavy atom. The molecule has 2 aromatic rings. The maximum Gasteiger partial charge on any atom is 0.127 e. The Morgan fingerprint density at radius 1 is 1.35 bits per heavy atom. The Bertz CT molecular complexity index is 652. The molecule has 0 fully saturated rings. The SMILES string of the molecule is COc1ccc(F)cc1C(C)Nc1cc(C#N)ccn1. The summed E-state index contributed by atoms with van der Waals surface area (Å²) >= 11 is 0. The van der Waals surface area contributed by atoms with E-state index in [0.29, 0.717) is 22.7 Å². The highest BCUT2D eigenvalue weighted by molar-refractivity contribution is 5.46. The van der Waals surface area contributed by atoms with Gasteiger partial charge in [0.05, 0.1) is 24.8 Å². The average Bonchev–Trinajstić information content (AvgIpc) is 2.47. The third kappa shape index (κ3) is 3.04. The second kappa shape index (κ2) is 6.02. The van der Waals surface area contributed by atoms with Crippen molar-refractivity contribution >= 4 is 5.82 Å². The maximum absolute atomic E-state index is 13.4. The first kappa shape index (κ1) is 13.8. The Labute approximate surface area is 116 Å². The monoisotopic (exact) mass is 271 g/mol. The second-order valence-corrected chi connectivity index (χ2v) is 4.29. The lowest BCUT2D eigenvalue weighted by molar-refractivity contribution is 0.406. The highest BCUT2D eigenvalue weighted by Crippen LogP contribution is 2.28. The molecule has 0 spiro atoms. The number of pyridine rings is 1. The van der Waals surface area contributed by atoms with Gasteiger partial charge in [-0.2, -0.15) is 5.26 Å². The fourth-order valence-corrected chi connectivity index (χ4v) is 1.92. The molecule has 1 aromatic heterocycles. The zero-order valence-corrected chi connectivity index (χ0v) is 11.2. The molecule has 1 heterocycles. The molecular formula is C15H14FN3O. The lowest BCUT2D eigenvalue weighted by atomic mass is 10.1. The molecule has 0 radical (unpaired) electrons. The lowest BCUT2D eigenvalue weighted by Gasteiger charge is -2.18. The summed E-state index contributed by atoms with van der Waals surface area (Å²) in [5, 5.41) is 12.0. The highest BCUT2D eigenvalue weighted by Gasteiger charge is 2.13. The van der Waals surface area contributed by atoms with E-state index in [2.05, 4.69) is 10.3 Å². The molecule has 0 aliphatic heterocycles. The normalized spacial score (nSPS) is 11.5. The maximum atomic E-state index is 13.4. The summed E-state index contributed by atoms with van der Waals surface area (Å²) in [5.74, 6) is 0.832. The zero-order chi connectivity index (χ0) is 14.5. The summed E-state index contributed by atoms with van der Waals surface area (Å²) in [6.07, 6.45) is 1.55. The predicted molar refractivity (Wildman–Crippen MR) is 73.9 cm³/mol. The predicted octanol–water partition coefficient (Wildman–Crippen LogP) is 3.27. The minimum Gasteiger partial charge on any atom is -0.496 e. The van der Waals surface area contributed by atoms with Gasteiger partial charge in [-0.25, -0.2) is 9.37 Å². The van der Waals surface area contributed by atoms with Crippen molar-refractivity contribution in [2.45, 2.75) is 13.0 Å². The van der Waals surface area contributed by atoms with Gasteiger partial charge in [0.2, 0.25) is 0 Å². The van der Waals surface area contributed by atoms with Gasteiger partial charge in [-0.1, -0.05) is 0 Å². The van der Waals surface area contributed by atoms with Crippen LogP contribution < -0.4 is 10.1 Å². The van der Waals surface area contributed by atoms with E-state index in [1.807, 2.05) is 13.0 Å². The number of methoxy groups -OCH3 is 1. The van der Waals surface area contributed by atoms with Gasteiger partial charge in [-0.15, -0.1) is 0 Å². The molecule has 2 rings (SSSR count). The topological polar surface area (TPSA) is 57.9 Å². The van der Waals surface area contributed by atoms with Crippen molar-refractivity contribution in [3.8, 4) is 11.8 Å². The number of aromatic nitrogens is 1. The minimum absolute atomic E-state index is 0.206. The highest BCUT2D eigenvalue weighted by atomic mass is 19.1. The van der Waals surface area contributed by atoms with Gasteiger partial charge in [-0.3, -0.25) is 0 Å². The van der Waals surface area contributed by atoms with Crippen LogP contribution in [0.3, 0.4) is 0 Å². The smallest absolute Gasteiger partial charge is 0.127 e. The number of anilines is 1. The van der Waals surface area contributed by atoms with Crippen LogP contribution in [0.1, 0.15) is 24.1 Å². The van der Waals surface area contributed by atoms with Crippen LogP contribution in [0.4, 0.5) is 10.2 Å². The number of hydrogen-bond donors (Lipinski definition) is 1. The summed E-state index contributed by atoms with van der Waals surface area (Å²) in [7, 11) is 1.54. The first-order valence-electron chi connectivity index (χ1n) is 6.10. The van der Waals surface area contributed by atoms with Crippen LogP contribution in [0.2, 0.25) is 0 Å². The number of nitriles is 1. The standard InChI is InChI=1S/C15H14FN3O/c1-10(13-8-12(16)3-4-14(13)20-2)19-15-7-11(9-17)5-6-18-15/h3-8,10H,1-2H3,(H,18,19). The second-order valence-electron chi connectivity index (χ2n) is 4.29. The summed E-state index contributed by atoms with van der Waals surface area (Å²) in [5.41, 5.74) is 1.21. The van der Waals surface area contributed by atoms with E-state index in [4.69, 9.17) is 10.00 Å². The fourth-order valence-electron chi connectivity index (χ4n) is 1.92. The van der Waals surface area contributed by atoms with Gasteiger partial charge in [0, 0.05) is 11.8 Å². The number of rotatable bonds is 4. The van der Waals surface area contributed by atoms with Crippen LogP contribution in [0, 0.1) is 17.1 Å². The quantitative estimate of drug-likeness (QED) is 0.927. The van der Waals surface area contributed by atoms with Gasteiger partial charge < -0.3 is 10.1 Å². The molecule has 1 N–H and O–H groups in total. The van der Waals surface area contributed by atoms with Gasteiger partial charge in [0.1, 0.15) is 17.4 Å². The molecule has 5 heteroatoms. The summed E-state index contributed by atoms with van der Waals surface area (Å²) < 4.78 is 18.6. The van der Waals surface area contributed by atoms with E-state index < -0.39 is 0 Å². The first-order chi connectivity index (χ1) is 9.63. The lowest BCUT2D eigenvalue weighted by Crippen LogP contribution is -2.09. The van der Waals surface area contributed by atoms with Crippen LogP contribution in [0.5, 0.6) is 5.75 Å². The van der Waals surface area contributed by atoms with E-state index in [-0.39, 0.29) is 11.9 Å². The van der Waals surface area contributed by atoms with Crippen molar-refractivity contribution in [1.29, 1.82) is 5.26 Å². The van der Waals surface area contributed by atoms with Gasteiger partial charge in [0.25, 0.3) is 0 Å². The Balaban J connectivity index is 2.25. The number of halogens is 1. The van der Waals surface area contributed by atoms with Crippen molar-refractivity contribution in [2.75, 3.05) is 12.4 Å². The van der Waals surface area contributed by atoms with Crippen molar-refractivity contribution in [3.05, 3.63) is 53.5 Å². The molecule has 4 nitrogen and oxygen atoms in total. The first-order valence-corrected chi connectivity index (χ1v) is 6.10. The Morgan fingerprint density at radius 2 is 2.15 bits per heavy atom. The third-order valence-electron chi connectivity index (χ3n) is 2.91. The number of nitrogens with zero attached hydrogens (tertiary/aromatic N) is 2. The van der Waals surface area contributed by atoms with E-state index in [1.165, 1.54) is 19.2 Å². The number of benzene rings is 1. The van der Waals surface area contributed by atoms with Crippen LogP contribution >= 0.6 is 0 Å². The molecule has 20 heavy (non-hydrogen) atoms. The van der Waals surface area contributed by atoms with Crippen LogP contribution in [0.25, 0.3) is 0 Å². The molecule has 0 saturated heterocycles. The van der Waals surface area contributed by atoms with Crippen molar-refractivity contribution in [2.24, 2.45) is 0 Å². The van der Waals surface area contributed by atoms with Gasteiger partial charge in [0.15, 0.2) is 0 Å². The van der Waals surface area contributed by atoms with Gasteiger partial charge >= 0.3 is 0 Å². The number of nitrogens with one attached hydrogen (secondary N) is 1. The number of hydrogen-bond acceptors (Lipinski definition) is 4. The zero-order valence-electron chi connectivity index (χ0n) is 11.2. The van der Waals surface area contributed by atoms with Gasteiger partial charge in [-0.05, 0) is 37.3 Å². The van der Waals surface area contributed by atoms with E-state index in [1.54, 1.807) is 24.4 Å². The largest absolute Gasteiger partial charge is 0.496 e.